The second-order valence-electron chi connectivity index (χ2n) is 5.93. The van der Waals surface area contributed by atoms with Crippen LogP contribution in [0.4, 0.5) is 0 Å². The third-order valence-electron chi connectivity index (χ3n) is 4.07. The van der Waals surface area contributed by atoms with Gasteiger partial charge in [-0.15, -0.1) is 35.3 Å². The average Bonchev–Trinajstić information content (AvgIpc) is 3.14. The van der Waals surface area contributed by atoms with E-state index in [1.807, 2.05) is 18.2 Å². The van der Waals surface area contributed by atoms with Crippen molar-refractivity contribution in [2.45, 2.75) is 13.0 Å². The number of benzene rings is 1. The number of guanidine groups is 1. The van der Waals surface area contributed by atoms with Gasteiger partial charge in [0.25, 0.3) is 0 Å². The number of hydrogen-bond acceptors (Lipinski definition) is 5. The Labute approximate surface area is 175 Å². The Hall–Kier alpha value is -1.23. The average molecular weight is 487 g/mol. The van der Waals surface area contributed by atoms with E-state index < -0.39 is 0 Å². The van der Waals surface area contributed by atoms with Gasteiger partial charge in [-0.25, -0.2) is 9.98 Å². The van der Waals surface area contributed by atoms with Gasteiger partial charge < -0.3 is 15.8 Å². The van der Waals surface area contributed by atoms with Gasteiger partial charge in [-0.2, -0.15) is 0 Å². The summed E-state index contributed by atoms with van der Waals surface area (Å²) < 4.78 is 5.35. The first kappa shape index (κ1) is 21.1. The number of rotatable bonds is 7. The van der Waals surface area contributed by atoms with Gasteiger partial charge in [0.1, 0.15) is 5.01 Å². The fraction of sp³-hybridized carbons (Fsp3) is 0.444. The molecule has 3 rings (SSSR count). The van der Waals surface area contributed by atoms with Crippen molar-refractivity contribution in [3.63, 3.8) is 0 Å². The second-order valence-corrected chi connectivity index (χ2v) is 6.87. The van der Waals surface area contributed by atoms with Crippen LogP contribution in [0.3, 0.4) is 0 Å². The van der Waals surface area contributed by atoms with E-state index in [1.165, 1.54) is 0 Å². The highest BCUT2D eigenvalue weighted by molar-refractivity contribution is 14.0. The maximum absolute atomic E-state index is 5.94. The number of thiazole rings is 1. The number of nitrogens with one attached hydrogen (secondary N) is 1. The van der Waals surface area contributed by atoms with Crippen molar-refractivity contribution in [2.24, 2.45) is 10.7 Å². The molecule has 0 unspecified atom stereocenters. The fourth-order valence-electron chi connectivity index (χ4n) is 2.68. The molecule has 3 N–H and O–H groups in total. The van der Waals surface area contributed by atoms with Gasteiger partial charge in [0, 0.05) is 30.6 Å². The molecular formula is C18H26IN5OS. The topological polar surface area (TPSA) is 75.8 Å². The zero-order valence-electron chi connectivity index (χ0n) is 14.8. The molecule has 1 aromatic heterocycles. The summed E-state index contributed by atoms with van der Waals surface area (Å²) in [7, 11) is 0. The van der Waals surface area contributed by atoms with Crippen LogP contribution in [0.5, 0.6) is 0 Å². The minimum atomic E-state index is 0. The van der Waals surface area contributed by atoms with Crippen molar-refractivity contribution < 1.29 is 4.74 Å². The van der Waals surface area contributed by atoms with Crippen LogP contribution in [0.1, 0.15) is 11.4 Å². The van der Waals surface area contributed by atoms with E-state index >= 15 is 0 Å². The van der Waals surface area contributed by atoms with Crippen LogP contribution in [0.15, 0.2) is 40.7 Å². The van der Waals surface area contributed by atoms with E-state index in [0.717, 1.165) is 62.1 Å². The lowest BCUT2D eigenvalue weighted by Gasteiger charge is -2.26. The first-order valence-corrected chi connectivity index (χ1v) is 9.53. The molecule has 1 fully saturated rings. The lowest BCUT2D eigenvalue weighted by molar-refractivity contribution is 0.0376. The lowest BCUT2D eigenvalue weighted by Crippen LogP contribution is -2.39. The largest absolute Gasteiger partial charge is 0.379 e. The molecule has 0 spiro atoms. The highest BCUT2D eigenvalue weighted by atomic mass is 127. The van der Waals surface area contributed by atoms with Crippen LogP contribution in [0, 0.1) is 0 Å². The number of ether oxygens (including phenoxy) is 1. The molecule has 0 atom stereocenters. The molecule has 2 aromatic rings. The Bertz CT molecular complexity index is 673. The summed E-state index contributed by atoms with van der Waals surface area (Å²) in [5.41, 5.74) is 8.06. The first-order valence-electron chi connectivity index (χ1n) is 8.65. The van der Waals surface area contributed by atoms with Crippen LogP contribution < -0.4 is 11.1 Å². The fourth-order valence-corrected chi connectivity index (χ4v) is 3.40. The molecule has 0 radical (unpaired) electrons. The van der Waals surface area contributed by atoms with Crippen molar-refractivity contribution in [1.82, 2.24) is 15.2 Å². The van der Waals surface area contributed by atoms with Gasteiger partial charge in [0.05, 0.1) is 25.5 Å². The summed E-state index contributed by atoms with van der Waals surface area (Å²) in [6, 6.07) is 10.2. The summed E-state index contributed by atoms with van der Waals surface area (Å²) >= 11 is 1.61. The molecule has 0 saturated carbocycles. The molecule has 1 aliphatic rings. The predicted molar refractivity (Wildman–Crippen MR) is 118 cm³/mol. The van der Waals surface area contributed by atoms with Gasteiger partial charge in [0.2, 0.25) is 0 Å². The van der Waals surface area contributed by atoms with Gasteiger partial charge in [-0.3, -0.25) is 4.90 Å². The quantitative estimate of drug-likeness (QED) is 0.272. The molecule has 0 amide bonds. The maximum Gasteiger partial charge on any atom is 0.189 e. The molecule has 26 heavy (non-hydrogen) atoms. The lowest BCUT2D eigenvalue weighted by atomic mass is 10.2. The molecular weight excluding hydrogens is 461 g/mol. The van der Waals surface area contributed by atoms with Gasteiger partial charge in [0.15, 0.2) is 5.96 Å². The second kappa shape index (κ2) is 11.5. The van der Waals surface area contributed by atoms with Crippen molar-refractivity contribution >= 4 is 41.3 Å². The maximum atomic E-state index is 5.94. The van der Waals surface area contributed by atoms with E-state index in [0.29, 0.717) is 12.5 Å². The molecule has 0 bridgehead atoms. The summed E-state index contributed by atoms with van der Waals surface area (Å²) in [5, 5.41) is 6.21. The summed E-state index contributed by atoms with van der Waals surface area (Å²) in [5.74, 6) is 0.485. The Morgan fingerprint density at radius 3 is 2.81 bits per heavy atom. The number of hydrogen-bond donors (Lipinski definition) is 2. The molecule has 1 saturated heterocycles. The molecule has 8 heteroatoms. The molecule has 0 aliphatic carbocycles. The van der Waals surface area contributed by atoms with E-state index in [1.54, 1.807) is 11.3 Å². The number of nitrogens with two attached hydrogens (primary N) is 1. The van der Waals surface area contributed by atoms with E-state index in [2.05, 4.69) is 37.7 Å². The first-order chi connectivity index (χ1) is 12.3. The minimum absolute atomic E-state index is 0. The zero-order chi connectivity index (χ0) is 17.3. The van der Waals surface area contributed by atoms with Crippen molar-refractivity contribution in [3.8, 4) is 11.3 Å². The number of nitrogens with zero attached hydrogens (tertiary/aromatic N) is 3. The summed E-state index contributed by atoms with van der Waals surface area (Å²) in [6.07, 6.45) is 1.05. The Kier molecular flexibility index (Phi) is 9.30. The molecule has 6 nitrogen and oxygen atoms in total. The normalized spacial score (nSPS) is 15.5. The monoisotopic (exact) mass is 487 g/mol. The van der Waals surface area contributed by atoms with Crippen LogP contribution >= 0.6 is 35.3 Å². The van der Waals surface area contributed by atoms with Gasteiger partial charge >= 0.3 is 0 Å². The van der Waals surface area contributed by atoms with Gasteiger partial charge in [-0.1, -0.05) is 30.3 Å². The van der Waals surface area contributed by atoms with Crippen LogP contribution in [-0.4, -0.2) is 55.2 Å². The van der Waals surface area contributed by atoms with Gasteiger partial charge in [-0.05, 0) is 13.0 Å². The number of aliphatic imine (C=N–C) groups is 1. The molecule has 1 aliphatic heterocycles. The van der Waals surface area contributed by atoms with E-state index in [4.69, 9.17) is 10.5 Å². The third kappa shape index (κ3) is 6.82. The SMILES string of the molecule is I.NC(=NCc1nc(-c2ccccc2)cs1)NCCCN1CCOCC1. The zero-order valence-corrected chi connectivity index (χ0v) is 17.9. The third-order valence-corrected chi connectivity index (χ3v) is 4.90. The summed E-state index contributed by atoms with van der Waals surface area (Å²) in [6.45, 7) is 6.15. The highest BCUT2D eigenvalue weighted by Crippen LogP contribution is 2.21. The van der Waals surface area contributed by atoms with Crippen molar-refractivity contribution in [2.75, 3.05) is 39.4 Å². The molecule has 142 valence electrons. The smallest absolute Gasteiger partial charge is 0.189 e. The standard InChI is InChI=1S/C18H25N5OS.HI/c19-18(20-7-4-8-23-9-11-24-12-10-23)21-13-17-22-16(14-25-17)15-5-2-1-3-6-15;/h1-3,5-6,14H,4,7-13H2,(H3,19,20,21);1H. The Morgan fingerprint density at radius 2 is 2.04 bits per heavy atom. The van der Waals surface area contributed by atoms with E-state index in [-0.39, 0.29) is 24.0 Å². The van der Waals surface area contributed by atoms with Crippen LogP contribution in [0.2, 0.25) is 0 Å². The molecule has 1 aromatic carbocycles. The van der Waals surface area contributed by atoms with Crippen molar-refractivity contribution in [1.29, 1.82) is 0 Å². The Morgan fingerprint density at radius 1 is 1.27 bits per heavy atom. The number of halogens is 1. The Balaban J connectivity index is 0.00000243. The number of aromatic nitrogens is 1. The number of morpholine rings is 1. The highest BCUT2D eigenvalue weighted by Gasteiger charge is 2.09. The molecule has 2 heterocycles. The van der Waals surface area contributed by atoms with Crippen LogP contribution in [-0.2, 0) is 11.3 Å². The van der Waals surface area contributed by atoms with Crippen LogP contribution in [0.25, 0.3) is 11.3 Å². The predicted octanol–water partition coefficient (Wildman–Crippen LogP) is 2.55. The van der Waals surface area contributed by atoms with Crippen molar-refractivity contribution in [3.05, 3.63) is 40.7 Å². The summed E-state index contributed by atoms with van der Waals surface area (Å²) in [4.78, 5) is 11.4. The van der Waals surface area contributed by atoms with E-state index in [9.17, 15) is 0 Å². The minimum Gasteiger partial charge on any atom is -0.379 e.